The fraction of sp³-hybridized carbons (Fsp3) is 0.429. The summed E-state index contributed by atoms with van der Waals surface area (Å²) in [5.74, 6) is 0.703. The third-order valence-electron chi connectivity index (χ3n) is 7.16. The normalized spacial score (nSPS) is 16.5. The molecule has 8 heteroatoms. The fourth-order valence-electron chi connectivity index (χ4n) is 5.16. The van der Waals surface area contributed by atoms with Gasteiger partial charge in [-0.15, -0.1) is 5.10 Å². The minimum Gasteiger partial charge on any atom is -0.321 e. The summed E-state index contributed by atoms with van der Waals surface area (Å²) in [6.45, 7) is 14.7. The summed E-state index contributed by atoms with van der Waals surface area (Å²) in [7, 11) is 0. The van der Waals surface area contributed by atoms with E-state index in [2.05, 4.69) is 107 Å². The Labute approximate surface area is 211 Å². The highest BCUT2D eigenvalue weighted by Crippen LogP contribution is 2.31. The second-order valence-electron chi connectivity index (χ2n) is 10.9. The number of aryl methyl sites for hydroxylation is 2. The Hall–Kier alpha value is -3.36. The van der Waals surface area contributed by atoms with Crippen molar-refractivity contribution in [1.29, 1.82) is 0 Å². The van der Waals surface area contributed by atoms with Crippen molar-refractivity contribution < 1.29 is 0 Å². The number of aromatic nitrogens is 5. The van der Waals surface area contributed by atoms with E-state index in [1.807, 2.05) is 11.6 Å². The first-order valence-corrected chi connectivity index (χ1v) is 12.6. The van der Waals surface area contributed by atoms with Crippen LogP contribution < -0.4 is 5.56 Å². The first-order chi connectivity index (χ1) is 17.2. The summed E-state index contributed by atoms with van der Waals surface area (Å²) in [6.07, 6.45) is 0. The average molecular weight is 486 g/mol. The quantitative estimate of drug-likeness (QED) is 0.463. The molecule has 0 amide bonds. The van der Waals surface area contributed by atoms with Gasteiger partial charge in [-0.3, -0.25) is 14.6 Å². The molecule has 3 heterocycles. The van der Waals surface area contributed by atoms with E-state index in [-0.39, 0.29) is 17.1 Å². The summed E-state index contributed by atoms with van der Waals surface area (Å²) < 4.78 is 1.86. The maximum absolute atomic E-state index is 13.6. The van der Waals surface area contributed by atoms with Crippen molar-refractivity contribution in [2.24, 2.45) is 0 Å². The lowest BCUT2D eigenvalue weighted by molar-refractivity contribution is 0.0975. The molecule has 8 nitrogen and oxygen atoms in total. The van der Waals surface area contributed by atoms with E-state index in [1.165, 1.54) is 5.56 Å². The summed E-state index contributed by atoms with van der Waals surface area (Å²) in [6, 6.07) is 16.4. The molecule has 1 aliphatic rings. The van der Waals surface area contributed by atoms with Crippen molar-refractivity contribution in [3.63, 3.8) is 0 Å². The molecule has 1 saturated heterocycles. The minimum atomic E-state index is -0.342. The predicted octanol–water partition coefficient (Wildman–Crippen LogP) is 3.79. The number of hydrogen-bond acceptors (Lipinski definition) is 6. The highest BCUT2D eigenvalue weighted by molar-refractivity contribution is 5.85. The van der Waals surface area contributed by atoms with Crippen molar-refractivity contribution >= 4 is 10.9 Å². The van der Waals surface area contributed by atoms with Gasteiger partial charge in [0.1, 0.15) is 6.04 Å². The van der Waals surface area contributed by atoms with E-state index in [4.69, 9.17) is 0 Å². The third kappa shape index (κ3) is 4.70. The van der Waals surface area contributed by atoms with Crippen LogP contribution in [0.2, 0.25) is 0 Å². The standard InChI is InChI=1S/C28H35N7O/c1-19-11-12-20(2)24-22(19)17-23(27(36)29-24)25(26-30-31-32-35(26)28(3,4)5)34-15-13-33(14-16-34)18-21-9-7-6-8-10-21/h6-12,17,25H,13-16,18H2,1-5H3,(H,29,36)/t25-/m0/s1. The maximum atomic E-state index is 13.6. The topological polar surface area (TPSA) is 82.9 Å². The Balaban J connectivity index is 1.54. The van der Waals surface area contributed by atoms with Crippen LogP contribution in [-0.4, -0.2) is 61.2 Å². The Morgan fingerprint density at radius 3 is 2.36 bits per heavy atom. The van der Waals surface area contributed by atoms with Gasteiger partial charge in [0.25, 0.3) is 5.56 Å². The van der Waals surface area contributed by atoms with Crippen LogP contribution in [0.25, 0.3) is 10.9 Å². The van der Waals surface area contributed by atoms with E-state index in [1.54, 1.807) is 0 Å². The van der Waals surface area contributed by atoms with Gasteiger partial charge in [-0.25, -0.2) is 4.68 Å². The molecule has 0 bridgehead atoms. The van der Waals surface area contributed by atoms with Crippen molar-refractivity contribution in [3.05, 3.63) is 87.0 Å². The zero-order valence-corrected chi connectivity index (χ0v) is 21.8. The van der Waals surface area contributed by atoms with Crippen LogP contribution in [0.5, 0.6) is 0 Å². The zero-order valence-electron chi connectivity index (χ0n) is 21.8. The molecule has 0 radical (unpaired) electrons. The number of aromatic amines is 1. The molecule has 188 valence electrons. The van der Waals surface area contributed by atoms with Gasteiger partial charge in [-0.1, -0.05) is 42.5 Å². The number of nitrogens with one attached hydrogen (secondary N) is 1. The van der Waals surface area contributed by atoms with E-state index in [0.29, 0.717) is 11.4 Å². The Morgan fingerprint density at radius 1 is 0.972 bits per heavy atom. The average Bonchev–Trinajstić information content (AvgIpc) is 3.34. The molecule has 0 unspecified atom stereocenters. The molecule has 1 fully saturated rings. The predicted molar refractivity (Wildman–Crippen MR) is 142 cm³/mol. The second kappa shape index (κ2) is 9.59. The van der Waals surface area contributed by atoms with Gasteiger partial charge in [0.05, 0.1) is 11.1 Å². The minimum absolute atomic E-state index is 0.0867. The van der Waals surface area contributed by atoms with Crippen LogP contribution in [0.1, 0.15) is 54.9 Å². The van der Waals surface area contributed by atoms with Crippen molar-refractivity contribution in [2.75, 3.05) is 26.2 Å². The summed E-state index contributed by atoms with van der Waals surface area (Å²) >= 11 is 0. The number of pyridine rings is 1. The molecule has 1 N–H and O–H groups in total. The number of tetrazole rings is 1. The summed E-state index contributed by atoms with van der Waals surface area (Å²) in [5, 5.41) is 13.9. The van der Waals surface area contributed by atoms with Crippen LogP contribution in [0, 0.1) is 13.8 Å². The van der Waals surface area contributed by atoms with Gasteiger partial charge in [-0.05, 0) is 67.8 Å². The molecule has 4 aromatic rings. The number of nitrogens with zero attached hydrogens (tertiary/aromatic N) is 6. The lowest BCUT2D eigenvalue weighted by Gasteiger charge is -2.39. The molecule has 0 aliphatic carbocycles. The number of hydrogen-bond donors (Lipinski definition) is 1. The molecule has 36 heavy (non-hydrogen) atoms. The van der Waals surface area contributed by atoms with Crippen LogP contribution in [0.15, 0.2) is 53.3 Å². The van der Waals surface area contributed by atoms with Gasteiger partial charge in [0.2, 0.25) is 0 Å². The van der Waals surface area contributed by atoms with Crippen LogP contribution in [0.4, 0.5) is 0 Å². The Kier molecular flexibility index (Phi) is 6.49. The molecule has 5 rings (SSSR count). The largest absolute Gasteiger partial charge is 0.321 e. The number of fused-ring (bicyclic) bond motifs is 1. The highest BCUT2D eigenvalue weighted by atomic mass is 16.1. The van der Waals surface area contributed by atoms with Gasteiger partial charge < -0.3 is 4.98 Å². The molecular weight excluding hydrogens is 450 g/mol. The van der Waals surface area contributed by atoms with E-state index in [9.17, 15) is 4.79 Å². The van der Waals surface area contributed by atoms with Gasteiger partial charge >= 0.3 is 0 Å². The molecular formula is C28H35N7O. The van der Waals surface area contributed by atoms with E-state index >= 15 is 0 Å². The van der Waals surface area contributed by atoms with Crippen LogP contribution in [0.3, 0.4) is 0 Å². The molecule has 0 saturated carbocycles. The van der Waals surface area contributed by atoms with Crippen LogP contribution >= 0.6 is 0 Å². The molecule has 0 spiro atoms. The highest BCUT2D eigenvalue weighted by Gasteiger charge is 2.35. The monoisotopic (exact) mass is 485 g/mol. The van der Waals surface area contributed by atoms with Crippen molar-refractivity contribution in [2.45, 2.75) is 52.7 Å². The lowest BCUT2D eigenvalue weighted by atomic mass is 9.98. The Morgan fingerprint density at radius 2 is 1.67 bits per heavy atom. The Bertz CT molecular complexity index is 1410. The van der Waals surface area contributed by atoms with Gasteiger partial charge in [0, 0.05) is 43.7 Å². The molecule has 1 aliphatic heterocycles. The second-order valence-corrected chi connectivity index (χ2v) is 10.9. The summed E-state index contributed by atoms with van der Waals surface area (Å²) in [4.78, 5) is 21.6. The number of rotatable bonds is 5. The number of piperazine rings is 1. The lowest BCUT2D eigenvalue weighted by Crippen LogP contribution is -2.49. The molecule has 1 atom stereocenters. The number of H-pyrrole nitrogens is 1. The van der Waals surface area contributed by atoms with Crippen molar-refractivity contribution in [1.82, 2.24) is 35.0 Å². The fourth-order valence-corrected chi connectivity index (χ4v) is 5.16. The molecule has 2 aromatic carbocycles. The zero-order chi connectivity index (χ0) is 25.4. The van der Waals surface area contributed by atoms with Gasteiger partial charge in [0.15, 0.2) is 5.82 Å². The maximum Gasteiger partial charge on any atom is 0.253 e. The summed E-state index contributed by atoms with van der Waals surface area (Å²) in [5.41, 5.74) is 4.69. The van der Waals surface area contributed by atoms with E-state index in [0.717, 1.165) is 54.8 Å². The first kappa shape index (κ1) is 24.3. The number of benzene rings is 2. The van der Waals surface area contributed by atoms with Crippen LogP contribution in [-0.2, 0) is 12.1 Å². The first-order valence-electron chi connectivity index (χ1n) is 12.6. The smallest absolute Gasteiger partial charge is 0.253 e. The third-order valence-corrected chi connectivity index (χ3v) is 7.16. The SMILES string of the molecule is Cc1ccc(C)c2[nH]c(=O)c([C@@H](c3nnnn3C(C)(C)C)N3CCN(Cc4ccccc4)CC3)cc12. The van der Waals surface area contributed by atoms with Gasteiger partial charge in [-0.2, -0.15) is 0 Å². The molecule has 2 aromatic heterocycles. The van der Waals surface area contributed by atoms with E-state index < -0.39 is 0 Å². The van der Waals surface area contributed by atoms with Crippen molar-refractivity contribution in [3.8, 4) is 0 Å².